The van der Waals surface area contributed by atoms with Crippen molar-refractivity contribution < 1.29 is 19.3 Å². The summed E-state index contributed by atoms with van der Waals surface area (Å²) < 4.78 is 19.7. The summed E-state index contributed by atoms with van der Waals surface area (Å²) in [4.78, 5) is 8.79. The molecule has 0 unspecified atom stereocenters. The monoisotopic (exact) mass is 423 g/mol. The van der Waals surface area contributed by atoms with E-state index in [0.29, 0.717) is 18.2 Å². The Balaban J connectivity index is 1.41. The summed E-state index contributed by atoms with van der Waals surface area (Å²) in [5.74, 6) is 0.0130. The van der Waals surface area contributed by atoms with Gasteiger partial charge in [0.1, 0.15) is 30.2 Å². The minimum Gasteiger partial charge on any atom is -0.394 e. The number of hydrogen-bond donors (Lipinski definition) is 2. The molecule has 0 radical (unpaired) electrons. The van der Waals surface area contributed by atoms with Crippen molar-refractivity contribution in [2.75, 3.05) is 11.9 Å². The minimum atomic E-state index is -0.708. The molecule has 9 nitrogen and oxygen atoms in total. The molecule has 4 atom stereocenters. The second-order valence-electron chi connectivity index (χ2n) is 8.49. The van der Waals surface area contributed by atoms with Crippen LogP contribution in [0.15, 0.2) is 6.20 Å². The fraction of sp³-hybridized carbons (Fsp3) is 0.737. The second-order valence-corrected chi connectivity index (χ2v) is 8.83. The molecule has 3 aliphatic rings. The van der Waals surface area contributed by atoms with E-state index in [1.54, 1.807) is 10.9 Å². The van der Waals surface area contributed by atoms with Crippen molar-refractivity contribution in [3.63, 3.8) is 0 Å². The van der Waals surface area contributed by atoms with Gasteiger partial charge in [-0.1, -0.05) is 12.8 Å². The zero-order valence-corrected chi connectivity index (χ0v) is 17.3. The lowest BCUT2D eigenvalue weighted by atomic mass is 10.1. The van der Waals surface area contributed by atoms with Gasteiger partial charge in [0.25, 0.3) is 0 Å². The maximum atomic E-state index is 9.68. The molecule has 4 heterocycles. The molecular weight excluding hydrogens is 398 g/mol. The molecule has 2 N–H and O–H groups in total. The molecular formula is C19H26ClN5O4. The van der Waals surface area contributed by atoms with Crippen molar-refractivity contribution in [3.05, 3.63) is 11.5 Å². The van der Waals surface area contributed by atoms with E-state index in [1.165, 1.54) is 12.8 Å². The average molecular weight is 424 g/mol. The highest BCUT2D eigenvalue weighted by molar-refractivity contribution is 6.28. The lowest BCUT2D eigenvalue weighted by molar-refractivity contribution is -0.191. The molecule has 29 heavy (non-hydrogen) atoms. The van der Waals surface area contributed by atoms with Gasteiger partial charge in [-0.15, -0.1) is 0 Å². The molecule has 2 aromatic rings. The molecule has 0 spiro atoms. The summed E-state index contributed by atoms with van der Waals surface area (Å²) in [5, 5.41) is 18.7. The van der Waals surface area contributed by atoms with Crippen LogP contribution in [-0.4, -0.2) is 67.7 Å². The molecule has 1 saturated carbocycles. The highest BCUT2D eigenvalue weighted by atomic mass is 35.5. The lowest BCUT2D eigenvalue weighted by Gasteiger charge is -2.23. The quantitative estimate of drug-likeness (QED) is 0.705. The topological polar surface area (TPSA) is 104 Å². The molecule has 158 valence electrons. The van der Waals surface area contributed by atoms with Gasteiger partial charge in [0, 0.05) is 6.04 Å². The summed E-state index contributed by atoms with van der Waals surface area (Å²) in [5.41, 5.74) is 0.649. The molecule has 10 heteroatoms. The Hall–Kier alpha value is -1.52. The van der Waals surface area contributed by atoms with Gasteiger partial charge in [-0.3, -0.25) is 0 Å². The molecule has 0 bridgehead atoms. The second kappa shape index (κ2) is 7.31. The Morgan fingerprint density at radius 2 is 1.93 bits per heavy atom. The molecule has 2 saturated heterocycles. The third-order valence-corrected chi connectivity index (χ3v) is 6.11. The first-order valence-corrected chi connectivity index (χ1v) is 10.6. The molecule has 1 aliphatic carbocycles. The van der Waals surface area contributed by atoms with E-state index in [2.05, 4.69) is 20.4 Å². The molecule has 0 aromatic carbocycles. The number of nitrogens with one attached hydrogen (secondary N) is 1. The van der Waals surface area contributed by atoms with Crippen LogP contribution >= 0.6 is 11.6 Å². The van der Waals surface area contributed by atoms with Gasteiger partial charge in [0.2, 0.25) is 5.28 Å². The number of aromatic nitrogens is 4. The number of rotatable bonds is 5. The van der Waals surface area contributed by atoms with Crippen LogP contribution in [0.5, 0.6) is 0 Å². The summed E-state index contributed by atoms with van der Waals surface area (Å²) in [7, 11) is 0. The van der Waals surface area contributed by atoms with Crippen LogP contribution in [0.1, 0.15) is 39.5 Å². The maximum Gasteiger partial charge on any atom is 0.226 e. The molecule has 5 rings (SSSR count). The highest BCUT2D eigenvalue weighted by Crippen LogP contribution is 2.39. The van der Waals surface area contributed by atoms with Crippen LogP contribution < -0.4 is 5.32 Å². The highest BCUT2D eigenvalue weighted by Gasteiger charge is 2.55. The number of aliphatic hydroxyl groups is 1. The summed E-state index contributed by atoms with van der Waals surface area (Å²) >= 11 is 6.21. The predicted octanol–water partition coefficient (Wildman–Crippen LogP) is 2.11. The van der Waals surface area contributed by atoms with Gasteiger partial charge < -0.3 is 24.6 Å². The fourth-order valence-corrected chi connectivity index (χ4v) is 4.84. The third kappa shape index (κ3) is 3.59. The first-order chi connectivity index (χ1) is 13.9. The standard InChI is InChI=1S/C19H26ClN5O4/c1-19(2)28-14-12(27-13(9-26)15(14)29-19)8-25-17-11(7-21-25)16(23-18(20)24-17)22-10-5-3-4-6-10/h7,10,12-15,26H,3-6,8-9H2,1-2H3,(H,22,23,24)/t12-,13-,14+,15-/m1/s1. The summed E-state index contributed by atoms with van der Waals surface area (Å²) in [6.07, 6.45) is 5.14. The number of hydrogen-bond acceptors (Lipinski definition) is 8. The van der Waals surface area contributed by atoms with E-state index in [0.717, 1.165) is 24.0 Å². The van der Waals surface area contributed by atoms with Crippen LogP contribution in [0.2, 0.25) is 5.28 Å². The average Bonchev–Trinajstić information content (AvgIpc) is 3.42. The van der Waals surface area contributed by atoms with Crippen LogP contribution in [-0.2, 0) is 20.8 Å². The maximum absolute atomic E-state index is 9.68. The van der Waals surface area contributed by atoms with Gasteiger partial charge in [-0.25, -0.2) is 4.68 Å². The summed E-state index contributed by atoms with van der Waals surface area (Å²) in [6, 6.07) is 0.406. The van der Waals surface area contributed by atoms with Gasteiger partial charge in [0.05, 0.1) is 24.7 Å². The normalized spacial score (nSPS) is 31.6. The first-order valence-electron chi connectivity index (χ1n) is 10.2. The zero-order chi connectivity index (χ0) is 20.2. The smallest absolute Gasteiger partial charge is 0.226 e. The van der Waals surface area contributed by atoms with Crippen LogP contribution in [0.25, 0.3) is 11.0 Å². The van der Waals surface area contributed by atoms with Crippen molar-refractivity contribution in [1.82, 2.24) is 19.7 Å². The Morgan fingerprint density at radius 1 is 1.21 bits per heavy atom. The Morgan fingerprint density at radius 3 is 2.66 bits per heavy atom. The number of fused-ring (bicyclic) bond motifs is 2. The lowest BCUT2D eigenvalue weighted by Crippen LogP contribution is -2.33. The van der Waals surface area contributed by atoms with Crippen molar-refractivity contribution in [2.24, 2.45) is 0 Å². The third-order valence-electron chi connectivity index (χ3n) is 5.94. The summed E-state index contributed by atoms with van der Waals surface area (Å²) in [6.45, 7) is 4.03. The first kappa shape index (κ1) is 19.4. The number of anilines is 1. The van der Waals surface area contributed by atoms with Crippen molar-refractivity contribution >= 4 is 28.5 Å². The van der Waals surface area contributed by atoms with Gasteiger partial charge in [0.15, 0.2) is 11.4 Å². The van der Waals surface area contributed by atoms with Crippen molar-refractivity contribution in [2.45, 2.75) is 82.3 Å². The van der Waals surface area contributed by atoms with Crippen LogP contribution in [0.3, 0.4) is 0 Å². The Kier molecular flexibility index (Phi) is 4.90. The molecule has 2 aliphatic heterocycles. The number of halogens is 1. The van der Waals surface area contributed by atoms with E-state index in [4.69, 9.17) is 25.8 Å². The Bertz CT molecular complexity index is 900. The van der Waals surface area contributed by atoms with Crippen molar-refractivity contribution in [3.8, 4) is 0 Å². The van der Waals surface area contributed by atoms with E-state index in [-0.39, 0.29) is 30.2 Å². The van der Waals surface area contributed by atoms with Crippen molar-refractivity contribution in [1.29, 1.82) is 0 Å². The SMILES string of the molecule is CC1(C)O[C@@H]2[C@H](O1)[C@@H](CO)O[C@@H]2Cn1ncc2c(NC3CCCC3)nc(Cl)nc21. The molecule has 0 amide bonds. The predicted molar refractivity (Wildman–Crippen MR) is 106 cm³/mol. The van der Waals surface area contributed by atoms with Gasteiger partial charge in [-0.2, -0.15) is 15.1 Å². The van der Waals surface area contributed by atoms with Crippen LogP contribution in [0.4, 0.5) is 5.82 Å². The van der Waals surface area contributed by atoms with E-state index >= 15 is 0 Å². The number of aliphatic hydroxyl groups excluding tert-OH is 1. The number of ether oxygens (including phenoxy) is 3. The van der Waals surface area contributed by atoms with Crippen LogP contribution in [0, 0.1) is 0 Å². The van der Waals surface area contributed by atoms with Gasteiger partial charge in [-0.05, 0) is 38.3 Å². The number of nitrogens with zero attached hydrogens (tertiary/aromatic N) is 4. The molecule has 2 aromatic heterocycles. The van der Waals surface area contributed by atoms with Gasteiger partial charge >= 0.3 is 0 Å². The zero-order valence-electron chi connectivity index (χ0n) is 16.5. The minimum absolute atomic E-state index is 0.125. The molecule has 3 fully saturated rings. The fourth-order valence-electron chi connectivity index (χ4n) is 4.67. The largest absolute Gasteiger partial charge is 0.394 e. The van der Waals surface area contributed by atoms with E-state index < -0.39 is 11.9 Å². The van der Waals surface area contributed by atoms with E-state index in [1.807, 2.05) is 13.8 Å². The van der Waals surface area contributed by atoms with E-state index in [9.17, 15) is 5.11 Å². The Labute approximate surface area is 173 Å².